The third kappa shape index (κ3) is 3.36. The van der Waals surface area contributed by atoms with Gasteiger partial charge in [0.1, 0.15) is 0 Å². The first-order chi connectivity index (χ1) is 13.5. The molecule has 1 unspecified atom stereocenters. The molecule has 0 aliphatic carbocycles. The number of rotatable bonds is 4. The average molecular weight is 372 g/mol. The molecule has 0 radical (unpaired) electrons. The van der Waals surface area contributed by atoms with Gasteiger partial charge in [-0.2, -0.15) is 0 Å². The van der Waals surface area contributed by atoms with Gasteiger partial charge in [-0.25, -0.2) is 0 Å². The van der Waals surface area contributed by atoms with Crippen molar-refractivity contribution in [1.29, 1.82) is 0 Å². The van der Waals surface area contributed by atoms with E-state index in [9.17, 15) is 9.59 Å². The highest BCUT2D eigenvalue weighted by Gasteiger charge is 2.28. The molecule has 1 aromatic heterocycles. The van der Waals surface area contributed by atoms with Crippen LogP contribution in [0.25, 0.3) is 0 Å². The summed E-state index contributed by atoms with van der Waals surface area (Å²) in [7, 11) is 0. The van der Waals surface area contributed by atoms with Crippen molar-refractivity contribution in [2.24, 2.45) is 0 Å². The lowest BCUT2D eigenvalue weighted by molar-refractivity contribution is 0.100. The number of para-hydroxylation sites is 1. The molecular formula is C22H20N4O2. The van der Waals surface area contributed by atoms with Gasteiger partial charge in [0.05, 0.1) is 0 Å². The highest BCUT2D eigenvalue weighted by atomic mass is 16.2. The van der Waals surface area contributed by atoms with Gasteiger partial charge in [0.15, 0.2) is 17.3 Å². The molecule has 1 aliphatic rings. The third-order valence-corrected chi connectivity index (χ3v) is 4.86. The van der Waals surface area contributed by atoms with Gasteiger partial charge in [0, 0.05) is 23.0 Å². The molecule has 3 aromatic rings. The predicted molar refractivity (Wildman–Crippen MR) is 108 cm³/mol. The van der Waals surface area contributed by atoms with Crippen molar-refractivity contribution in [2.45, 2.75) is 26.3 Å². The van der Waals surface area contributed by atoms with E-state index in [0.717, 1.165) is 12.1 Å². The second-order valence-corrected chi connectivity index (χ2v) is 6.92. The first-order valence-electron chi connectivity index (χ1n) is 9.16. The summed E-state index contributed by atoms with van der Waals surface area (Å²) in [6.07, 6.45) is 0.951. The summed E-state index contributed by atoms with van der Waals surface area (Å²) in [5.74, 6) is 0.294. The highest BCUT2D eigenvalue weighted by Crippen LogP contribution is 2.36. The zero-order chi connectivity index (χ0) is 19.7. The summed E-state index contributed by atoms with van der Waals surface area (Å²) >= 11 is 0. The molecule has 2 aromatic carbocycles. The number of carbonyl (C=O) groups is 2. The summed E-state index contributed by atoms with van der Waals surface area (Å²) in [6, 6.07) is 18.8. The monoisotopic (exact) mass is 372 g/mol. The normalized spacial score (nSPS) is 15.2. The lowest BCUT2D eigenvalue weighted by Crippen LogP contribution is -2.25. The number of nitrogens with one attached hydrogen (secondary N) is 1. The van der Waals surface area contributed by atoms with Gasteiger partial charge in [-0.1, -0.05) is 30.3 Å². The Morgan fingerprint density at radius 1 is 1.04 bits per heavy atom. The van der Waals surface area contributed by atoms with Crippen molar-refractivity contribution < 1.29 is 9.59 Å². The van der Waals surface area contributed by atoms with Crippen LogP contribution in [0.4, 0.5) is 17.2 Å². The number of nitrogens with zero attached hydrogens (tertiary/aromatic N) is 3. The van der Waals surface area contributed by atoms with Crippen LogP contribution in [0.1, 0.15) is 40.3 Å². The van der Waals surface area contributed by atoms with E-state index in [4.69, 9.17) is 0 Å². The van der Waals surface area contributed by atoms with Crippen LogP contribution >= 0.6 is 0 Å². The lowest BCUT2D eigenvalue weighted by atomic mass is 10.1. The van der Waals surface area contributed by atoms with Crippen LogP contribution in [0, 0.1) is 0 Å². The standard InChI is InChI=1S/C22H20N4O2/c1-14-12-17-6-3-4-9-20(17)26(14)21-11-10-19(24-25-21)22(28)23-18-8-5-7-16(13-18)15(2)27/h3-11,13-14H,12H2,1-2H3,(H,23,28). The van der Waals surface area contributed by atoms with E-state index >= 15 is 0 Å². The van der Waals surface area contributed by atoms with Crippen molar-refractivity contribution in [2.75, 3.05) is 10.2 Å². The van der Waals surface area contributed by atoms with Gasteiger partial charge in [0.25, 0.3) is 5.91 Å². The number of hydrogen-bond acceptors (Lipinski definition) is 5. The summed E-state index contributed by atoms with van der Waals surface area (Å²) < 4.78 is 0. The van der Waals surface area contributed by atoms with E-state index in [2.05, 4.69) is 39.5 Å². The molecule has 4 rings (SSSR count). The van der Waals surface area contributed by atoms with Gasteiger partial charge >= 0.3 is 0 Å². The Morgan fingerprint density at radius 2 is 1.86 bits per heavy atom. The minimum Gasteiger partial charge on any atom is -0.321 e. The molecule has 0 saturated carbocycles. The van der Waals surface area contributed by atoms with Gasteiger partial charge in [-0.15, -0.1) is 10.2 Å². The van der Waals surface area contributed by atoms with Crippen molar-refractivity contribution in [1.82, 2.24) is 10.2 Å². The maximum atomic E-state index is 12.5. The number of benzene rings is 2. The number of ketones is 1. The number of carbonyl (C=O) groups excluding carboxylic acids is 2. The Hall–Kier alpha value is -3.54. The van der Waals surface area contributed by atoms with E-state index < -0.39 is 0 Å². The molecule has 28 heavy (non-hydrogen) atoms. The van der Waals surface area contributed by atoms with E-state index in [-0.39, 0.29) is 23.4 Å². The summed E-state index contributed by atoms with van der Waals surface area (Å²) in [6.45, 7) is 3.63. The highest BCUT2D eigenvalue weighted by molar-refractivity contribution is 6.03. The summed E-state index contributed by atoms with van der Waals surface area (Å²) in [5, 5.41) is 11.2. The molecule has 6 nitrogen and oxygen atoms in total. The molecule has 140 valence electrons. The SMILES string of the molecule is CC(=O)c1cccc(NC(=O)c2ccc(N3c4ccccc4CC3C)nn2)c1. The Kier molecular flexibility index (Phi) is 4.61. The third-order valence-electron chi connectivity index (χ3n) is 4.86. The number of hydrogen-bond donors (Lipinski definition) is 1. The molecule has 2 heterocycles. The maximum Gasteiger partial charge on any atom is 0.276 e. The minimum absolute atomic E-state index is 0.0553. The van der Waals surface area contributed by atoms with Crippen LogP contribution < -0.4 is 10.2 Å². The van der Waals surface area contributed by atoms with E-state index in [0.29, 0.717) is 17.1 Å². The molecule has 1 amide bonds. The Bertz CT molecular complexity index is 1050. The van der Waals surface area contributed by atoms with Crippen LogP contribution in [-0.2, 0) is 6.42 Å². The predicted octanol–water partition coefficient (Wildman–Crippen LogP) is 4.01. The molecule has 1 aliphatic heterocycles. The Morgan fingerprint density at radius 3 is 2.61 bits per heavy atom. The molecule has 0 spiro atoms. The van der Waals surface area contributed by atoms with Crippen LogP contribution in [0.15, 0.2) is 60.7 Å². The van der Waals surface area contributed by atoms with Crippen LogP contribution in [-0.4, -0.2) is 27.9 Å². The van der Waals surface area contributed by atoms with Gasteiger partial charge < -0.3 is 10.2 Å². The minimum atomic E-state index is -0.366. The maximum absolute atomic E-state index is 12.5. The second kappa shape index (κ2) is 7.23. The van der Waals surface area contributed by atoms with E-state index in [1.165, 1.54) is 12.5 Å². The molecule has 6 heteroatoms. The zero-order valence-electron chi connectivity index (χ0n) is 15.7. The number of Topliss-reactive ketones (excluding diaryl/α,β-unsaturated/α-hetero) is 1. The van der Waals surface area contributed by atoms with Crippen molar-refractivity contribution in [3.05, 3.63) is 77.5 Å². The number of fused-ring (bicyclic) bond motifs is 1. The number of amides is 1. The van der Waals surface area contributed by atoms with Crippen LogP contribution in [0.3, 0.4) is 0 Å². The Labute approximate surface area is 163 Å². The van der Waals surface area contributed by atoms with Crippen molar-refractivity contribution in [3.63, 3.8) is 0 Å². The summed E-state index contributed by atoms with van der Waals surface area (Å²) in [5.41, 5.74) is 3.72. The quantitative estimate of drug-likeness (QED) is 0.700. The topological polar surface area (TPSA) is 75.2 Å². The van der Waals surface area contributed by atoms with Gasteiger partial charge in [-0.05, 0) is 56.2 Å². The molecule has 0 fully saturated rings. The zero-order valence-corrected chi connectivity index (χ0v) is 15.7. The molecule has 0 saturated heterocycles. The van der Waals surface area contributed by atoms with Crippen LogP contribution in [0.5, 0.6) is 0 Å². The largest absolute Gasteiger partial charge is 0.321 e. The second-order valence-electron chi connectivity index (χ2n) is 6.92. The summed E-state index contributed by atoms with van der Waals surface area (Å²) in [4.78, 5) is 26.1. The van der Waals surface area contributed by atoms with E-state index in [1.807, 2.05) is 18.2 Å². The first-order valence-corrected chi connectivity index (χ1v) is 9.16. The fraction of sp³-hybridized carbons (Fsp3) is 0.182. The molecule has 1 N–H and O–H groups in total. The van der Waals surface area contributed by atoms with E-state index in [1.54, 1.807) is 30.3 Å². The van der Waals surface area contributed by atoms with Crippen molar-refractivity contribution in [3.8, 4) is 0 Å². The first kappa shape index (κ1) is 17.9. The fourth-order valence-electron chi connectivity index (χ4n) is 3.50. The Balaban J connectivity index is 1.53. The smallest absolute Gasteiger partial charge is 0.276 e. The lowest BCUT2D eigenvalue weighted by Gasteiger charge is -2.23. The van der Waals surface area contributed by atoms with Gasteiger partial charge in [0.2, 0.25) is 0 Å². The van der Waals surface area contributed by atoms with Crippen LogP contribution in [0.2, 0.25) is 0 Å². The number of anilines is 3. The van der Waals surface area contributed by atoms with Gasteiger partial charge in [-0.3, -0.25) is 9.59 Å². The average Bonchev–Trinajstić information content (AvgIpc) is 3.04. The fourth-order valence-corrected chi connectivity index (χ4v) is 3.50. The number of aromatic nitrogens is 2. The van der Waals surface area contributed by atoms with Crippen molar-refractivity contribution >= 4 is 28.9 Å². The molecule has 1 atom stereocenters. The molecule has 0 bridgehead atoms. The molecular weight excluding hydrogens is 352 g/mol.